The van der Waals surface area contributed by atoms with Gasteiger partial charge in [-0.2, -0.15) is 0 Å². The molecule has 0 aromatic heterocycles. The molecule has 7 heteroatoms. The van der Waals surface area contributed by atoms with Crippen molar-refractivity contribution >= 4 is 0 Å². The Morgan fingerprint density at radius 1 is 0.361 bits per heavy atom. The quantitative estimate of drug-likeness (QED) is 0.286. The van der Waals surface area contributed by atoms with Crippen molar-refractivity contribution in [2.45, 2.75) is 156 Å². The first-order valence-electron chi connectivity index (χ1n) is 8.89. The predicted molar refractivity (Wildman–Crippen MR) is 177 cm³/mol. The van der Waals surface area contributed by atoms with Gasteiger partial charge >= 0.3 is 0 Å². The highest BCUT2D eigenvalue weighted by atomic mass is 19.1. The minimum absolute atomic E-state index is 0. The lowest BCUT2D eigenvalue weighted by Gasteiger charge is -1.72. The van der Waals surface area contributed by atoms with Crippen molar-refractivity contribution in [1.29, 1.82) is 0 Å². The SMILES string of the molecule is C.C.C.C.C.C.C.C.C.C.CCC.CCC.CCC.CCF.CCF.CCF.CF.CF.COCF. The second-order valence-electron chi connectivity index (χ2n) is 3.32. The smallest absolute Gasteiger partial charge is 0.187 e. The molecular weight excluding hydrogens is 478 g/mol. The van der Waals surface area contributed by atoms with Crippen molar-refractivity contribution in [2.75, 3.05) is 48.3 Å². The molecule has 0 fully saturated rings. The minimum atomic E-state index is -0.681. The van der Waals surface area contributed by atoms with Crippen LogP contribution in [0.2, 0.25) is 0 Å². The summed E-state index contributed by atoms with van der Waals surface area (Å²) in [6.07, 6.45) is 3.75. The molecule has 36 heavy (non-hydrogen) atoms. The second-order valence-corrected chi connectivity index (χ2v) is 3.32. The third-order valence-corrected chi connectivity index (χ3v) is 0.109. The Kier molecular flexibility index (Phi) is 2940. The van der Waals surface area contributed by atoms with E-state index >= 15 is 0 Å². The number of halogens is 6. The van der Waals surface area contributed by atoms with E-state index in [-0.39, 0.29) is 94.3 Å². The third-order valence-electron chi connectivity index (χ3n) is 0.109. The number of hydrogen-bond acceptors (Lipinski definition) is 1. The molecule has 1 nitrogen and oxygen atoms in total. The van der Waals surface area contributed by atoms with E-state index < -0.39 is 6.86 Å². The zero-order chi connectivity index (χ0) is 23.7. The maximum absolute atomic E-state index is 10.5. The van der Waals surface area contributed by atoms with E-state index in [1.807, 2.05) is 0 Å². The molecule has 0 aliphatic heterocycles. The van der Waals surface area contributed by atoms with Gasteiger partial charge in [0.15, 0.2) is 6.86 Å². The molecule has 0 aliphatic rings. The zero-order valence-corrected chi connectivity index (χ0v) is 19.6. The first-order chi connectivity index (χ1) is 12.4. The average Bonchev–Trinajstić information content (AvgIpc) is 2.62. The normalized spacial score (nSPS) is 4.17. The summed E-state index contributed by atoms with van der Waals surface area (Å²) in [4.78, 5) is 0. The lowest BCUT2D eigenvalue weighted by Crippen LogP contribution is -1.70. The Balaban J connectivity index is -0.00000000516. The zero-order valence-electron chi connectivity index (χ0n) is 19.6. The average molecular weight is 569 g/mol. The summed E-state index contributed by atoms with van der Waals surface area (Å²) in [6.45, 7) is 15.7. The molecule has 0 aromatic rings. The Morgan fingerprint density at radius 2 is 0.389 bits per heavy atom. The van der Waals surface area contributed by atoms with Gasteiger partial charge in [0.2, 0.25) is 0 Å². The Labute approximate surface area is 235 Å². The van der Waals surface area contributed by atoms with E-state index in [9.17, 15) is 26.3 Å². The molecule has 0 spiro atoms. The van der Waals surface area contributed by atoms with Gasteiger partial charge in [-0.3, -0.25) is 22.0 Å². The lowest BCUT2D eigenvalue weighted by molar-refractivity contribution is 0.104. The predicted octanol–water partition coefficient (Wildman–Crippen LogP) is 15.3. The summed E-state index contributed by atoms with van der Waals surface area (Å²) < 4.78 is 64.2. The molecule has 0 aromatic carbocycles. The molecule has 0 atom stereocenters. The van der Waals surface area contributed by atoms with E-state index in [0.29, 0.717) is 14.4 Å². The van der Waals surface area contributed by atoms with Crippen LogP contribution in [0.15, 0.2) is 0 Å². The Hall–Kier alpha value is -0.460. The third kappa shape index (κ3) is 122000. The van der Waals surface area contributed by atoms with Gasteiger partial charge in [0.1, 0.15) is 0 Å². The second kappa shape index (κ2) is 683. The number of hydrogen-bond donors (Lipinski definition) is 0. The fraction of sp³-hybridized carbons (Fsp3) is 1.00. The minimum Gasteiger partial charge on any atom is -0.354 e. The molecule has 0 saturated heterocycles. The molecule has 0 rings (SSSR count). The number of ether oxygens (including phenoxy) is 1. The summed E-state index contributed by atoms with van der Waals surface area (Å²) in [5, 5.41) is 0. The maximum atomic E-state index is 10.5. The van der Waals surface area contributed by atoms with E-state index in [2.05, 4.69) is 46.3 Å². The Morgan fingerprint density at radius 3 is 0.389 bits per heavy atom. The van der Waals surface area contributed by atoms with Gasteiger partial charge in [-0.1, -0.05) is 135 Å². The number of rotatable bonds is 1. The fourth-order valence-corrected chi connectivity index (χ4v) is 0. The summed E-state index contributed by atoms with van der Waals surface area (Å²) in [7, 11) is 2.31. The summed E-state index contributed by atoms with van der Waals surface area (Å²) in [5.41, 5.74) is 0. The van der Waals surface area contributed by atoms with Gasteiger partial charge in [0, 0.05) is 7.11 Å². The molecule has 0 bridgehead atoms. The first kappa shape index (κ1) is 155. The molecule has 254 valence electrons. The van der Waals surface area contributed by atoms with Crippen molar-refractivity contribution in [3.63, 3.8) is 0 Å². The molecule has 0 unspecified atom stereocenters. The van der Waals surface area contributed by atoms with E-state index in [1.54, 1.807) is 0 Å². The van der Waals surface area contributed by atoms with Crippen LogP contribution < -0.4 is 0 Å². The van der Waals surface area contributed by atoms with Crippen molar-refractivity contribution in [1.82, 2.24) is 0 Å². The highest BCUT2D eigenvalue weighted by Crippen LogP contribution is 1.58. The Bertz CT molecular complexity index is 60.2. The largest absolute Gasteiger partial charge is 0.354 e. The van der Waals surface area contributed by atoms with Crippen LogP contribution in [-0.2, 0) is 4.74 Å². The molecule has 0 radical (unpaired) electrons. The first-order valence-corrected chi connectivity index (χ1v) is 8.89. The van der Waals surface area contributed by atoms with E-state index in [0.717, 1.165) is 0 Å². The summed E-state index contributed by atoms with van der Waals surface area (Å²) in [6, 6.07) is 0. The standard InChI is InChI=1S/3C3H8.C2H5FO.3C2H5F.2CH3F.10CH4/c3*1-3-2;1-4-2-3;3*1-2-3;2*1-2;;;;;;;;;;/h3*3H2,1-2H3;2H2,1H3;3*2H2,1H3;2*1H3;10*1H4. The molecule has 0 heterocycles. The van der Waals surface area contributed by atoms with Gasteiger partial charge in [-0.25, -0.2) is 4.39 Å². The van der Waals surface area contributed by atoms with Gasteiger partial charge in [0.25, 0.3) is 0 Å². The van der Waals surface area contributed by atoms with Crippen molar-refractivity contribution < 1.29 is 31.1 Å². The van der Waals surface area contributed by atoms with Crippen molar-refractivity contribution in [2.24, 2.45) is 0 Å². The highest BCUT2D eigenvalue weighted by molar-refractivity contribution is 3.92. The van der Waals surface area contributed by atoms with E-state index in [1.165, 1.54) is 47.1 Å². The molecular formula is C29H90F6O. The van der Waals surface area contributed by atoms with Crippen LogP contribution in [0, 0.1) is 0 Å². The van der Waals surface area contributed by atoms with Crippen LogP contribution in [0.4, 0.5) is 26.3 Å². The van der Waals surface area contributed by atoms with E-state index in [4.69, 9.17) is 0 Å². The highest BCUT2D eigenvalue weighted by Gasteiger charge is 1.55. The monoisotopic (exact) mass is 569 g/mol. The van der Waals surface area contributed by atoms with Gasteiger partial charge in [-0.15, -0.1) is 0 Å². The number of methoxy groups -OCH3 is 1. The van der Waals surface area contributed by atoms with Crippen LogP contribution in [-0.4, -0.2) is 48.3 Å². The van der Waals surface area contributed by atoms with Crippen LogP contribution >= 0.6 is 0 Å². The van der Waals surface area contributed by atoms with Crippen LogP contribution in [0.25, 0.3) is 0 Å². The molecule has 0 aliphatic carbocycles. The van der Waals surface area contributed by atoms with Gasteiger partial charge < -0.3 is 4.74 Å². The molecule has 0 saturated carbocycles. The molecule has 0 amide bonds. The lowest BCUT2D eigenvalue weighted by atomic mass is 10.6. The topological polar surface area (TPSA) is 9.23 Å². The maximum Gasteiger partial charge on any atom is 0.187 e. The summed E-state index contributed by atoms with van der Waals surface area (Å²) in [5.74, 6) is 0. The van der Waals surface area contributed by atoms with Crippen LogP contribution in [0.3, 0.4) is 0 Å². The van der Waals surface area contributed by atoms with Crippen LogP contribution in [0.1, 0.15) is 156 Å². The van der Waals surface area contributed by atoms with Crippen molar-refractivity contribution in [3.8, 4) is 0 Å². The van der Waals surface area contributed by atoms with Gasteiger partial charge in [0.05, 0.1) is 34.4 Å². The van der Waals surface area contributed by atoms with Crippen LogP contribution in [0.5, 0.6) is 0 Å². The van der Waals surface area contributed by atoms with Gasteiger partial charge in [-0.05, 0) is 20.8 Å². The summed E-state index contributed by atoms with van der Waals surface area (Å²) >= 11 is 0. The molecule has 0 N–H and O–H groups in total. The van der Waals surface area contributed by atoms with Crippen molar-refractivity contribution in [3.05, 3.63) is 0 Å². The number of alkyl halides is 6. The fourth-order valence-electron chi connectivity index (χ4n) is 0.